The number of halogens is 1. The minimum Gasteiger partial charge on any atom is -0.493 e. The van der Waals surface area contributed by atoms with Gasteiger partial charge >= 0.3 is 0 Å². The molecule has 1 aromatic rings. The molecule has 2 N–H and O–H groups in total. The van der Waals surface area contributed by atoms with E-state index in [1.807, 2.05) is 12.1 Å². The van der Waals surface area contributed by atoms with Gasteiger partial charge < -0.3 is 19.9 Å². The normalized spacial score (nSPS) is 13.2. The Morgan fingerprint density at radius 1 is 1.35 bits per heavy atom. The van der Waals surface area contributed by atoms with Gasteiger partial charge in [-0.1, -0.05) is 0 Å². The van der Waals surface area contributed by atoms with Crippen LogP contribution < -0.4 is 14.8 Å². The van der Waals surface area contributed by atoms with Crippen LogP contribution in [0.1, 0.15) is 33.3 Å². The van der Waals surface area contributed by atoms with E-state index < -0.39 is 6.10 Å². The summed E-state index contributed by atoms with van der Waals surface area (Å²) in [6.45, 7) is 9.03. The average molecular weight is 346 g/mol. The Kier molecular flexibility index (Phi) is 6.30. The molecule has 4 nitrogen and oxygen atoms in total. The third-order valence-electron chi connectivity index (χ3n) is 2.58. The van der Waals surface area contributed by atoms with Gasteiger partial charge in [-0.3, -0.25) is 0 Å². The Morgan fingerprint density at radius 2 is 2.00 bits per heavy atom. The molecule has 0 aliphatic carbocycles. The molecular formula is C15H24BrNO3. The summed E-state index contributed by atoms with van der Waals surface area (Å²) in [6, 6.07) is 3.94. The molecule has 114 valence electrons. The standard InChI is InChI=1S/C15H24BrNO3/c1-10(18)9-20-14-12(16)6-11(7-13(14)19-5)8-17-15(2,3)4/h6-7,10,17-18H,8-9H2,1-5H3. The molecule has 0 radical (unpaired) electrons. The number of rotatable bonds is 6. The number of nitrogens with one attached hydrogen (secondary N) is 1. The van der Waals surface area contributed by atoms with E-state index in [0.717, 1.165) is 16.6 Å². The fraction of sp³-hybridized carbons (Fsp3) is 0.600. The largest absolute Gasteiger partial charge is 0.493 e. The molecule has 1 unspecified atom stereocenters. The molecule has 0 aliphatic heterocycles. The molecule has 0 bridgehead atoms. The van der Waals surface area contributed by atoms with Gasteiger partial charge in [-0.15, -0.1) is 0 Å². The number of aliphatic hydroxyl groups is 1. The first-order valence-electron chi connectivity index (χ1n) is 6.65. The van der Waals surface area contributed by atoms with Crippen LogP contribution in [0.15, 0.2) is 16.6 Å². The van der Waals surface area contributed by atoms with Crippen molar-refractivity contribution in [3.8, 4) is 11.5 Å². The van der Waals surface area contributed by atoms with E-state index in [-0.39, 0.29) is 12.1 Å². The summed E-state index contributed by atoms with van der Waals surface area (Å²) in [4.78, 5) is 0. The van der Waals surface area contributed by atoms with Gasteiger partial charge in [-0.05, 0) is 61.3 Å². The monoisotopic (exact) mass is 345 g/mol. The number of methoxy groups -OCH3 is 1. The molecule has 0 heterocycles. The molecule has 5 heteroatoms. The summed E-state index contributed by atoms with van der Waals surface area (Å²) in [6.07, 6.45) is -0.520. The van der Waals surface area contributed by atoms with Gasteiger partial charge in [0.25, 0.3) is 0 Å². The van der Waals surface area contributed by atoms with Crippen molar-refractivity contribution >= 4 is 15.9 Å². The van der Waals surface area contributed by atoms with Gasteiger partial charge in [-0.2, -0.15) is 0 Å². The first-order valence-corrected chi connectivity index (χ1v) is 7.44. The van der Waals surface area contributed by atoms with Gasteiger partial charge in [0.15, 0.2) is 11.5 Å². The smallest absolute Gasteiger partial charge is 0.175 e. The van der Waals surface area contributed by atoms with Crippen LogP contribution in [0.25, 0.3) is 0 Å². The number of hydrogen-bond acceptors (Lipinski definition) is 4. The van der Waals surface area contributed by atoms with Crippen LogP contribution in [-0.2, 0) is 6.54 Å². The quantitative estimate of drug-likeness (QED) is 0.831. The molecule has 1 atom stereocenters. The van der Waals surface area contributed by atoms with Crippen LogP contribution in [0.4, 0.5) is 0 Å². The zero-order valence-electron chi connectivity index (χ0n) is 12.8. The van der Waals surface area contributed by atoms with E-state index in [1.54, 1.807) is 14.0 Å². The van der Waals surface area contributed by atoms with Crippen LogP contribution >= 0.6 is 15.9 Å². The predicted octanol–water partition coefficient (Wildman–Crippen LogP) is 3.11. The summed E-state index contributed by atoms with van der Waals surface area (Å²) in [5.41, 5.74) is 1.16. The van der Waals surface area contributed by atoms with Crippen molar-refractivity contribution in [1.82, 2.24) is 5.32 Å². The van der Waals surface area contributed by atoms with Gasteiger partial charge in [-0.25, -0.2) is 0 Å². The first kappa shape index (κ1) is 17.3. The van der Waals surface area contributed by atoms with Crippen molar-refractivity contribution in [2.24, 2.45) is 0 Å². The van der Waals surface area contributed by atoms with Crippen molar-refractivity contribution in [3.63, 3.8) is 0 Å². The van der Waals surface area contributed by atoms with E-state index in [1.165, 1.54) is 0 Å². The Balaban J connectivity index is 2.89. The minimum absolute atomic E-state index is 0.0567. The van der Waals surface area contributed by atoms with Crippen LogP contribution in [0.3, 0.4) is 0 Å². The molecule has 0 amide bonds. The van der Waals surface area contributed by atoms with Crippen LogP contribution in [0.2, 0.25) is 0 Å². The molecule has 0 aliphatic rings. The van der Waals surface area contributed by atoms with Gasteiger partial charge in [0.05, 0.1) is 17.7 Å². The van der Waals surface area contributed by atoms with Crippen molar-refractivity contribution in [3.05, 3.63) is 22.2 Å². The van der Waals surface area contributed by atoms with E-state index >= 15 is 0 Å². The van der Waals surface area contributed by atoms with E-state index in [2.05, 4.69) is 42.0 Å². The van der Waals surface area contributed by atoms with E-state index in [4.69, 9.17) is 9.47 Å². The molecule has 0 fully saturated rings. The molecule has 0 saturated carbocycles. The van der Waals surface area contributed by atoms with Crippen molar-refractivity contribution in [1.29, 1.82) is 0 Å². The lowest BCUT2D eigenvalue weighted by molar-refractivity contribution is 0.120. The maximum absolute atomic E-state index is 9.31. The predicted molar refractivity (Wildman–Crippen MR) is 84.5 cm³/mol. The zero-order chi connectivity index (χ0) is 15.3. The highest BCUT2D eigenvalue weighted by Crippen LogP contribution is 2.36. The summed E-state index contributed by atoms with van der Waals surface area (Å²) in [5.74, 6) is 1.28. The minimum atomic E-state index is -0.520. The molecule has 0 spiro atoms. The molecule has 0 saturated heterocycles. The van der Waals surface area contributed by atoms with Gasteiger partial charge in [0.2, 0.25) is 0 Å². The average Bonchev–Trinajstić information content (AvgIpc) is 2.33. The third kappa shape index (κ3) is 5.69. The molecule has 1 rings (SSSR count). The van der Waals surface area contributed by atoms with E-state index in [0.29, 0.717) is 11.5 Å². The molecular weight excluding hydrogens is 322 g/mol. The number of benzene rings is 1. The molecule has 20 heavy (non-hydrogen) atoms. The molecule has 1 aromatic carbocycles. The zero-order valence-corrected chi connectivity index (χ0v) is 14.4. The Hall–Kier alpha value is -0.780. The van der Waals surface area contributed by atoms with E-state index in [9.17, 15) is 5.11 Å². The van der Waals surface area contributed by atoms with Gasteiger partial charge in [0.1, 0.15) is 6.61 Å². The van der Waals surface area contributed by atoms with Crippen molar-refractivity contribution < 1.29 is 14.6 Å². The van der Waals surface area contributed by atoms with Crippen LogP contribution in [-0.4, -0.2) is 30.5 Å². The summed E-state index contributed by atoms with van der Waals surface area (Å²) < 4.78 is 11.8. The summed E-state index contributed by atoms with van der Waals surface area (Å²) >= 11 is 3.49. The number of hydrogen-bond donors (Lipinski definition) is 2. The number of ether oxygens (including phenoxy) is 2. The second kappa shape index (κ2) is 7.29. The van der Waals surface area contributed by atoms with Crippen molar-refractivity contribution in [2.45, 2.75) is 45.9 Å². The Morgan fingerprint density at radius 3 is 2.50 bits per heavy atom. The Labute approximate surface area is 129 Å². The Bertz CT molecular complexity index is 441. The first-order chi connectivity index (χ1) is 9.23. The fourth-order valence-corrected chi connectivity index (χ4v) is 2.19. The highest BCUT2D eigenvalue weighted by atomic mass is 79.9. The maximum atomic E-state index is 9.31. The topological polar surface area (TPSA) is 50.7 Å². The maximum Gasteiger partial charge on any atom is 0.175 e. The molecule has 0 aromatic heterocycles. The lowest BCUT2D eigenvalue weighted by Gasteiger charge is -2.21. The number of aliphatic hydroxyl groups excluding tert-OH is 1. The lowest BCUT2D eigenvalue weighted by Crippen LogP contribution is -2.35. The summed E-state index contributed by atoms with van der Waals surface area (Å²) in [5, 5.41) is 12.7. The third-order valence-corrected chi connectivity index (χ3v) is 3.17. The van der Waals surface area contributed by atoms with Crippen molar-refractivity contribution in [2.75, 3.05) is 13.7 Å². The SMILES string of the molecule is COc1cc(CNC(C)(C)C)cc(Br)c1OCC(C)O. The van der Waals surface area contributed by atoms with Crippen LogP contribution in [0, 0.1) is 0 Å². The highest BCUT2D eigenvalue weighted by molar-refractivity contribution is 9.10. The highest BCUT2D eigenvalue weighted by Gasteiger charge is 2.14. The van der Waals surface area contributed by atoms with Gasteiger partial charge in [0, 0.05) is 12.1 Å². The lowest BCUT2D eigenvalue weighted by atomic mass is 10.1. The summed E-state index contributed by atoms with van der Waals surface area (Å²) in [7, 11) is 1.61. The van der Waals surface area contributed by atoms with Crippen LogP contribution in [0.5, 0.6) is 11.5 Å². The second-order valence-electron chi connectivity index (χ2n) is 5.87. The second-order valence-corrected chi connectivity index (χ2v) is 6.73. The fourth-order valence-electron chi connectivity index (χ4n) is 1.59.